The van der Waals surface area contributed by atoms with Crippen LogP contribution in [-0.2, 0) is 11.2 Å². The van der Waals surface area contributed by atoms with Crippen molar-refractivity contribution >= 4 is 5.91 Å². The van der Waals surface area contributed by atoms with Gasteiger partial charge in [-0.3, -0.25) is 4.79 Å². The zero-order valence-electron chi connectivity index (χ0n) is 12.8. The van der Waals surface area contributed by atoms with Crippen LogP contribution in [0.3, 0.4) is 0 Å². The maximum absolute atomic E-state index is 12.3. The molecule has 2 N–H and O–H groups in total. The lowest BCUT2D eigenvalue weighted by Crippen LogP contribution is -2.51. The summed E-state index contributed by atoms with van der Waals surface area (Å²) in [6.45, 7) is 1.82. The van der Waals surface area contributed by atoms with E-state index in [2.05, 4.69) is 30.3 Å². The smallest absolute Gasteiger partial charge is 0.224 e. The quantitative estimate of drug-likeness (QED) is 0.925. The molecule has 1 aliphatic heterocycles. The first-order valence-corrected chi connectivity index (χ1v) is 8.25. The standard InChI is InChI=1S/C18H26N2O/c19-18(9-4-10-18)14-17(21)20-11-7-16(8-12-20)13-15-5-2-1-3-6-15/h1-3,5-6,16H,4,7-14,19H2. The molecule has 0 atom stereocenters. The van der Waals surface area contributed by atoms with Crippen LogP contribution in [0.4, 0.5) is 0 Å². The second-order valence-electron chi connectivity index (χ2n) is 6.91. The third kappa shape index (κ3) is 3.65. The van der Waals surface area contributed by atoms with Crippen LogP contribution in [0.25, 0.3) is 0 Å². The average Bonchev–Trinajstić information content (AvgIpc) is 2.47. The monoisotopic (exact) mass is 286 g/mol. The normalized spacial score (nSPS) is 21.9. The first kappa shape index (κ1) is 14.6. The van der Waals surface area contributed by atoms with Crippen LogP contribution < -0.4 is 5.73 Å². The minimum absolute atomic E-state index is 0.183. The minimum Gasteiger partial charge on any atom is -0.343 e. The van der Waals surface area contributed by atoms with E-state index in [9.17, 15) is 4.79 Å². The van der Waals surface area contributed by atoms with Gasteiger partial charge in [-0.05, 0) is 50.0 Å². The van der Waals surface area contributed by atoms with Gasteiger partial charge in [0.2, 0.25) is 5.91 Å². The van der Waals surface area contributed by atoms with Gasteiger partial charge >= 0.3 is 0 Å². The number of likely N-dealkylation sites (tertiary alicyclic amines) is 1. The van der Waals surface area contributed by atoms with Crippen molar-refractivity contribution in [2.75, 3.05) is 13.1 Å². The lowest BCUT2D eigenvalue weighted by atomic mass is 9.75. The van der Waals surface area contributed by atoms with E-state index in [1.165, 1.54) is 12.0 Å². The van der Waals surface area contributed by atoms with Gasteiger partial charge in [0, 0.05) is 25.0 Å². The highest BCUT2D eigenvalue weighted by Gasteiger charge is 2.36. The van der Waals surface area contributed by atoms with Crippen molar-refractivity contribution in [1.82, 2.24) is 4.90 Å². The highest BCUT2D eigenvalue weighted by Crippen LogP contribution is 2.33. The van der Waals surface area contributed by atoms with Crippen LogP contribution in [0.5, 0.6) is 0 Å². The Kier molecular flexibility index (Phi) is 4.29. The molecule has 3 rings (SSSR count). The number of hydrogen-bond donors (Lipinski definition) is 1. The molecule has 114 valence electrons. The second kappa shape index (κ2) is 6.18. The second-order valence-corrected chi connectivity index (χ2v) is 6.91. The van der Waals surface area contributed by atoms with Gasteiger partial charge in [0.05, 0.1) is 0 Å². The zero-order valence-corrected chi connectivity index (χ0v) is 12.8. The summed E-state index contributed by atoms with van der Waals surface area (Å²) in [4.78, 5) is 14.4. The van der Waals surface area contributed by atoms with E-state index >= 15 is 0 Å². The van der Waals surface area contributed by atoms with Crippen molar-refractivity contribution in [3.63, 3.8) is 0 Å². The molecule has 1 saturated heterocycles. The summed E-state index contributed by atoms with van der Waals surface area (Å²) in [6.07, 6.45) is 7.16. The van der Waals surface area contributed by atoms with Gasteiger partial charge in [0.25, 0.3) is 0 Å². The topological polar surface area (TPSA) is 46.3 Å². The van der Waals surface area contributed by atoms with Crippen LogP contribution in [-0.4, -0.2) is 29.4 Å². The molecule has 0 radical (unpaired) electrons. The number of piperidine rings is 1. The van der Waals surface area contributed by atoms with Crippen molar-refractivity contribution in [2.24, 2.45) is 11.7 Å². The number of rotatable bonds is 4. The van der Waals surface area contributed by atoms with Gasteiger partial charge in [-0.2, -0.15) is 0 Å². The number of hydrogen-bond acceptors (Lipinski definition) is 2. The summed E-state index contributed by atoms with van der Waals surface area (Å²) in [7, 11) is 0. The molecule has 0 bridgehead atoms. The van der Waals surface area contributed by atoms with Crippen LogP contribution in [0.1, 0.15) is 44.1 Å². The number of benzene rings is 1. The van der Waals surface area contributed by atoms with E-state index in [4.69, 9.17) is 5.73 Å². The van der Waals surface area contributed by atoms with Crippen molar-refractivity contribution in [3.05, 3.63) is 35.9 Å². The largest absolute Gasteiger partial charge is 0.343 e. The maximum Gasteiger partial charge on any atom is 0.224 e. The molecule has 0 unspecified atom stereocenters. The molecule has 1 aromatic rings. The Morgan fingerprint density at radius 2 is 1.86 bits per heavy atom. The summed E-state index contributed by atoms with van der Waals surface area (Å²) in [5.41, 5.74) is 7.42. The Labute approximate surface area is 127 Å². The summed E-state index contributed by atoms with van der Waals surface area (Å²) >= 11 is 0. The van der Waals surface area contributed by atoms with E-state index in [1.54, 1.807) is 0 Å². The zero-order chi connectivity index (χ0) is 14.7. The van der Waals surface area contributed by atoms with E-state index < -0.39 is 0 Å². The Balaban J connectivity index is 1.45. The fraction of sp³-hybridized carbons (Fsp3) is 0.611. The molecule has 1 heterocycles. The minimum atomic E-state index is -0.183. The van der Waals surface area contributed by atoms with Crippen molar-refractivity contribution in [1.29, 1.82) is 0 Å². The summed E-state index contributed by atoms with van der Waals surface area (Å²) in [5.74, 6) is 0.988. The SMILES string of the molecule is NC1(CC(=O)N2CCC(Cc3ccccc3)CC2)CCC1. The molecule has 1 amide bonds. The van der Waals surface area contributed by atoms with Crippen LogP contribution in [0.15, 0.2) is 30.3 Å². The van der Waals surface area contributed by atoms with E-state index in [-0.39, 0.29) is 11.4 Å². The Bertz CT molecular complexity index is 473. The van der Waals surface area contributed by atoms with Gasteiger partial charge in [-0.1, -0.05) is 30.3 Å². The first-order chi connectivity index (χ1) is 10.1. The van der Waals surface area contributed by atoms with Crippen LogP contribution in [0, 0.1) is 5.92 Å². The Hall–Kier alpha value is -1.35. The number of amides is 1. The molecule has 3 nitrogen and oxygen atoms in total. The molecule has 1 aromatic carbocycles. The first-order valence-electron chi connectivity index (χ1n) is 8.25. The molecule has 1 saturated carbocycles. The lowest BCUT2D eigenvalue weighted by Gasteiger charge is -2.40. The fourth-order valence-corrected chi connectivity index (χ4v) is 3.55. The van der Waals surface area contributed by atoms with Crippen LogP contribution >= 0.6 is 0 Å². The van der Waals surface area contributed by atoms with Crippen LogP contribution in [0.2, 0.25) is 0 Å². The van der Waals surface area contributed by atoms with Gasteiger partial charge in [-0.25, -0.2) is 0 Å². The highest BCUT2D eigenvalue weighted by molar-refractivity contribution is 5.77. The fourth-order valence-electron chi connectivity index (χ4n) is 3.55. The molecular weight excluding hydrogens is 260 g/mol. The number of carbonyl (C=O) groups is 1. The highest BCUT2D eigenvalue weighted by atomic mass is 16.2. The third-order valence-electron chi connectivity index (χ3n) is 5.19. The Morgan fingerprint density at radius 1 is 1.19 bits per heavy atom. The van der Waals surface area contributed by atoms with E-state index in [1.807, 2.05) is 4.90 Å². The molecule has 2 aliphatic rings. The van der Waals surface area contributed by atoms with E-state index in [0.29, 0.717) is 12.3 Å². The van der Waals surface area contributed by atoms with Crippen molar-refractivity contribution < 1.29 is 4.79 Å². The summed E-state index contributed by atoms with van der Waals surface area (Å²) in [6, 6.07) is 10.7. The summed E-state index contributed by atoms with van der Waals surface area (Å²) in [5, 5.41) is 0. The predicted molar refractivity (Wildman–Crippen MR) is 84.8 cm³/mol. The molecule has 0 aromatic heterocycles. The molecular formula is C18H26N2O. The van der Waals surface area contributed by atoms with Gasteiger partial charge in [-0.15, -0.1) is 0 Å². The van der Waals surface area contributed by atoms with Gasteiger partial charge < -0.3 is 10.6 Å². The van der Waals surface area contributed by atoms with Crippen molar-refractivity contribution in [3.8, 4) is 0 Å². The number of nitrogens with zero attached hydrogens (tertiary/aromatic N) is 1. The van der Waals surface area contributed by atoms with Gasteiger partial charge in [0.1, 0.15) is 0 Å². The molecule has 3 heteroatoms. The number of carbonyl (C=O) groups excluding carboxylic acids is 1. The molecule has 21 heavy (non-hydrogen) atoms. The molecule has 2 fully saturated rings. The van der Waals surface area contributed by atoms with E-state index in [0.717, 1.165) is 45.2 Å². The predicted octanol–water partition coefficient (Wildman–Crippen LogP) is 2.74. The van der Waals surface area contributed by atoms with Gasteiger partial charge in [0.15, 0.2) is 0 Å². The molecule has 1 aliphatic carbocycles. The lowest BCUT2D eigenvalue weighted by molar-refractivity contribution is -0.134. The average molecular weight is 286 g/mol. The number of nitrogens with two attached hydrogens (primary N) is 1. The third-order valence-corrected chi connectivity index (χ3v) is 5.19. The Morgan fingerprint density at radius 3 is 2.43 bits per heavy atom. The maximum atomic E-state index is 12.3. The molecule has 0 spiro atoms. The van der Waals surface area contributed by atoms with Crippen molar-refractivity contribution in [2.45, 2.75) is 50.5 Å². The summed E-state index contributed by atoms with van der Waals surface area (Å²) < 4.78 is 0.